The van der Waals surface area contributed by atoms with Gasteiger partial charge in [0.1, 0.15) is 6.04 Å². The van der Waals surface area contributed by atoms with Crippen LogP contribution in [0.5, 0.6) is 0 Å². The van der Waals surface area contributed by atoms with Gasteiger partial charge in [-0.05, 0) is 31.2 Å². The van der Waals surface area contributed by atoms with Crippen molar-refractivity contribution in [2.45, 2.75) is 26.3 Å². The number of carbonyl (C=O) groups excluding carboxylic acids is 2. The van der Waals surface area contributed by atoms with Gasteiger partial charge in [-0.2, -0.15) is 0 Å². The molecule has 142 valence electrons. The number of nitrogens with zero attached hydrogens (tertiary/aromatic N) is 2. The van der Waals surface area contributed by atoms with E-state index in [1.807, 2.05) is 31.2 Å². The monoisotopic (exact) mass is 363 g/mol. The first kappa shape index (κ1) is 19.7. The third kappa shape index (κ3) is 5.19. The molecule has 0 spiro atoms. The number of morpholine rings is 1. The van der Waals surface area contributed by atoms with Crippen molar-refractivity contribution in [3.63, 3.8) is 0 Å². The maximum absolute atomic E-state index is 12.1. The first-order chi connectivity index (χ1) is 12.4. The highest BCUT2D eigenvalue weighted by Crippen LogP contribution is 2.22. The van der Waals surface area contributed by atoms with E-state index in [2.05, 4.69) is 10.2 Å². The summed E-state index contributed by atoms with van der Waals surface area (Å²) in [6, 6.07) is 7.54. The van der Waals surface area contributed by atoms with Gasteiger partial charge in [0, 0.05) is 37.9 Å². The first-order valence-electron chi connectivity index (χ1n) is 8.65. The molecule has 8 heteroatoms. The summed E-state index contributed by atoms with van der Waals surface area (Å²) < 4.78 is 5.35. The number of carboxylic acids is 1. The fourth-order valence-corrected chi connectivity index (χ4v) is 2.92. The van der Waals surface area contributed by atoms with E-state index in [9.17, 15) is 9.59 Å². The van der Waals surface area contributed by atoms with Gasteiger partial charge < -0.3 is 20.1 Å². The second kappa shape index (κ2) is 9.19. The van der Waals surface area contributed by atoms with Crippen molar-refractivity contribution < 1.29 is 24.2 Å². The lowest BCUT2D eigenvalue weighted by molar-refractivity contribution is -0.138. The summed E-state index contributed by atoms with van der Waals surface area (Å²) in [5.41, 5.74) is 2.01. The van der Waals surface area contributed by atoms with Crippen molar-refractivity contribution in [2.75, 3.05) is 43.1 Å². The minimum atomic E-state index is -0.833. The minimum Gasteiger partial charge on any atom is -0.481 e. The van der Waals surface area contributed by atoms with Gasteiger partial charge >= 0.3 is 0 Å². The molecule has 0 saturated carbocycles. The zero-order valence-electron chi connectivity index (χ0n) is 15.1. The first-order valence-corrected chi connectivity index (χ1v) is 8.65. The van der Waals surface area contributed by atoms with Crippen LogP contribution in [0.2, 0.25) is 0 Å². The third-order valence-electron chi connectivity index (χ3n) is 4.14. The van der Waals surface area contributed by atoms with E-state index in [0.717, 1.165) is 44.6 Å². The predicted molar refractivity (Wildman–Crippen MR) is 97.2 cm³/mol. The molecule has 1 unspecified atom stereocenters. The van der Waals surface area contributed by atoms with Crippen molar-refractivity contribution >= 4 is 29.2 Å². The molecular weight excluding hydrogens is 338 g/mol. The summed E-state index contributed by atoms with van der Waals surface area (Å²) in [5, 5.41) is 10.6. The number of amides is 2. The van der Waals surface area contributed by atoms with Gasteiger partial charge in [0.05, 0.1) is 19.6 Å². The van der Waals surface area contributed by atoms with Crippen LogP contribution < -0.4 is 10.2 Å². The molecule has 1 aromatic carbocycles. The normalized spacial score (nSPS) is 19.8. The van der Waals surface area contributed by atoms with E-state index in [0.29, 0.717) is 6.54 Å². The van der Waals surface area contributed by atoms with Crippen molar-refractivity contribution in [1.29, 1.82) is 0 Å². The average Bonchev–Trinajstić information content (AvgIpc) is 2.89. The van der Waals surface area contributed by atoms with Crippen LogP contribution in [0.25, 0.3) is 0 Å². The number of carbonyl (C=O) groups is 3. The summed E-state index contributed by atoms with van der Waals surface area (Å²) in [6.45, 7) is 6.64. The quantitative estimate of drug-likeness (QED) is 0.775. The topological polar surface area (TPSA) is 99.2 Å². The average molecular weight is 363 g/mol. The number of ether oxygens (including phenoxy) is 1. The molecule has 2 amide bonds. The van der Waals surface area contributed by atoms with E-state index in [1.165, 1.54) is 4.90 Å². The van der Waals surface area contributed by atoms with Gasteiger partial charge in [-0.25, -0.2) is 0 Å². The van der Waals surface area contributed by atoms with Gasteiger partial charge in [-0.1, -0.05) is 0 Å². The van der Waals surface area contributed by atoms with Crippen molar-refractivity contribution in [3.05, 3.63) is 24.3 Å². The molecule has 0 radical (unpaired) electrons. The van der Waals surface area contributed by atoms with E-state index < -0.39 is 12.0 Å². The van der Waals surface area contributed by atoms with Crippen LogP contribution in [0, 0.1) is 0 Å². The summed E-state index contributed by atoms with van der Waals surface area (Å²) in [7, 11) is 0. The number of anilines is 2. The SMILES string of the molecule is CC(=O)O.CCN1C(=O)CC(Nc2ccc(N3CCOCC3)cc2)C1=O. The van der Waals surface area contributed by atoms with E-state index in [-0.39, 0.29) is 18.2 Å². The maximum Gasteiger partial charge on any atom is 0.300 e. The van der Waals surface area contributed by atoms with E-state index >= 15 is 0 Å². The second-order valence-electron chi connectivity index (χ2n) is 6.04. The lowest BCUT2D eigenvalue weighted by atomic mass is 10.2. The standard InChI is InChI=1S/C16H21N3O3.C2H4O2/c1-2-19-15(20)11-14(16(19)21)17-12-3-5-13(6-4-12)18-7-9-22-10-8-18;1-2(3)4/h3-6,14,17H,2,7-11H2,1H3;1H3,(H,3,4). The Hall–Kier alpha value is -2.61. The van der Waals surface area contributed by atoms with Gasteiger partial charge in [-0.15, -0.1) is 0 Å². The molecule has 8 nitrogen and oxygen atoms in total. The third-order valence-corrected chi connectivity index (χ3v) is 4.14. The van der Waals surface area contributed by atoms with Crippen LogP contribution in [-0.4, -0.2) is 66.7 Å². The second-order valence-corrected chi connectivity index (χ2v) is 6.04. The zero-order chi connectivity index (χ0) is 19.1. The Kier molecular flexibility index (Phi) is 6.97. The van der Waals surface area contributed by atoms with E-state index in [1.54, 1.807) is 0 Å². The van der Waals surface area contributed by atoms with Crippen LogP contribution in [0.1, 0.15) is 20.3 Å². The molecule has 0 bridgehead atoms. The van der Waals surface area contributed by atoms with Crippen LogP contribution in [0.15, 0.2) is 24.3 Å². The molecule has 26 heavy (non-hydrogen) atoms. The number of likely N-dealkylation sites (N-methyl/N-ethyl adjacent to an activating group) is 1. The smallest absolute Gasteiger partial charge is 0.300 e. The predicted octanol–water partition coefficient (Wildman–Crippen LogP) is 1.17. The zero-order valence-corrected chi connectivity index (χ0v) is 15.1. The number of carboxylic acid groups (broad SMARTS) is 1. The lowest BCUT2D eigenvalue weighted by Crippen LogP contribution is -2.36. The summed E-state index contributed by atoms with van der Waals surface area (Å²) in [4.78, 5) is 36.4. The van der Waals surface area contributed by atoms with Gasteiger partial charge in [0.15, 0.2) is 0 Å². The number of likely N-dealkylation sites (tertiary alicyclic amines) is 1. The molecule has 2 aliphatic rings. The Bertz CT molecular complexity index is 637. The summed E-state index contributed by atoms with van der Waals surface area (Å²) in [5.74, 6) is -1.07. The van der Waals surface area contributed by atoms with Crippen LogP contribution in [-0.2, 0) is 19.1 Å². The molecule has 1 atom stereocenters. The largest absolute Gasteiger partial charge is 0.481 e. The molecule has 3 rings (SSSR count). The molecule has 1 aromatic rings. The number of aliphatic carboxylic acids is 1. The number of imide groups is 1. The molecule has 2 fully saturated rings. The molecule has 2 N–H and O–H groups in total. The fraction of sp³-hybridized carbons (Fsp3) is 0.500. The Morgan fingerprint density at radius 3 is 2.31 bits per heavy atom. The molecule has 2 heterocycles. The van der Waals surface area contributed by atoms with Crippen molar-refractivity contribution in [3.8, 4) is 0 Å². The Labute approximate surface area is 152 Å². The Morgan fingerprint density at radius 1 is 1.23 bits per heavy atom. The maximum atomic E-state index is 12.1. The van der Waals surface area contributed by atoms with Crippen molar-refractivity contribution in [2.24, 2.45) is 0 Å². The highest BCUT2D eigenvalue weighted by Gasteiger charge is 2.37. The minimum absolute atomic E-state index is 0.102. The molecule has 2 aliphatic heterocycles. The Balaban J connectivity index is 0.000000552. The number of hydrogen-bond donors (Lipinski definition) is 2. The number of hydrogen-bond acceptors (Lipinski definition) is 6. The highest BCUT2D eigenvalue weighted by molar-refractivity contribution is 6.06. The molecule has 0 aromatic heterocycles. The molecule has 2 saturated heterocycles. The number of benzene rings is 1. The van der Waals surface area contributed by atoms with Crippen LogP contribution in [0.4, 0.5) is 11.4 Å². The van der Waals surface area contributed by atoms with Crippen molar-refractivity contribution in [1.82, 2.24) is 4.90 Å². The number of rotatable bonds is 4. The van der Waals surface area contributed by atoms with E-state index in [4.69, 9.17) is 14.6 Å². The summed E-state index contributed by atoms with van der Waals surface area (Å²) in [6.07, 6.45) is 0.234. The lowest BCUT2D eigenvalue weighted by Gasteiger charge is -2.29. The number of nitrogens with one attached hydrogen (secondary N) is 1. The summed E-state index contributed by atoms with van der Waals surface area (Å²) >= 11 is 0. The van der Waals surface area contributed by atoms with Gasteiger partial charge in [0.2, 0.25) is 5.91 Å². The van der Waals surface area contributed by atoms with Crippen LogP contribution in [0.3, 0.4) is 0 Å². The molecule has 0 aliphatic carbocycles. The Morgan fingerprint density at radius 2 is 1.81 bits per heavy atom. The molecular formula is C18H25N3O5. The highest BCUT2D eigenvalue weighted by atomic mass is 16.5. The van der Waals surface area contributed by atoms with Gasteiger partial charge in [0.25, 0.3) is 11.9 Å². The van der Waals surface area contributed by atoms with Crippen LogP contribution >= 0.6 is 0 Å². The van der Waals surface area contributed by atoms with Gasteiger partial charge in [-0.3, -0.25) is 19.3 Å². The fourth-order valence-electron chi connectivity index (χ4n) is 2.92.